The molecule has 6 heteroatoms. The largest absolute Gasteiger partial charge is 0.383 e. The average molecular weight is 269 g/mol. The first-order valence-electron chi connectivity index (χ1n) is 4.83. The van der Waals surface area contributed by atoms with Crippen molar-refractivity contribution in [2.24, 2.45) is 0 Å². The number of halogens is 2. The molecule has 2 rings (SSSR count). The second-order valence-electron chi connectivity index (χ2n) is 3.59. The number of aromatic nitrogens is 2. The predicted octanol–water partition coefficient (Wildman–Crippen LogP) is 2.92. The van der Waals surface area contributed by atoms with E-state index in [0.29, 0.717) is 27.1 Å². The van der Waals surface area contributed by atoms with E-state index >= 15 is 0 Å². The van der Waals surface area contributed by atoms with Crippen LogP contribution in [0.25, 0.3) is 11.1 Å². The molecular weight excluding hydrogens is 259 g/mol. The van der Waals surface area contributed by atoms with Gasteiger partial charge in [0.25, 0.3) is 0 Å². The zero-order chi connectivity index (χ0) is 12.6. The van der Waals surface area contributed by atoms with Gasteiger partial charge in [-0.1, -0.05) is 23.2 Å². The second-order valence-corrected chi connectivity index (χ2v) is 4.46. The van der Waals surface area contributed by atoms with Crippen molar-refractivity contribution in [1.29, 1.82) is 0 Å². The van der Waals surface area contributed by atoms with Crippen LogP contribution >= 0.6 is 23.2 Å². The Hall–Kier alpha value is -1.52. The number of aryl methyl sites for hydroxylation is 1. The molecule has 1 heterocycles. The molecule has 0 saturated heterocycles. The van der Waals surface area contributed by atoms with Crippen molar-refractivity contribution in [3.63, 3.8) is 0 Å². The first kappa shape index (κ1) is 12.0. The van der Waals surface area contributed by atoms with Gasteiger partial charge in [-0.3, -0.25) is 0 Å². The summed E-state index contributed by atoms with van der Waals surface area (Å²) in [5.74, 6) is 0.463. The minimum atomic E-state index is 0.150. The van der Waals surface area contributed by atoms with Crippen LogP contribution in [-0.2, 0) is 0 Å². The molecule has 0 amide bonds. The molecule has 0 bridgehead atoms. The molecule has 0 spiro atoms. The van der Waals surface area contributed by atoms with Crippen molar-refractivity contribution < 1.29 is 0 Å². The summed E-state index contributed by atoms with van der Waals surface area (Å²) in [6.07, 6.45) is 0. The van der Waals surface area contributed by atoms with Gasteiger partial charge in [0.2, 0.25) is 5.95 Å². The molecule has 88 valence electrons. The number of hydrogen-bond acceptors (Lipinski definition) is 4. The SMILES string of the molecule is Cc1nc(N)nc(N)c1-c1cc(Cl)cc(Cl)c1. The molecule has 0 unspecified atom stereocenters. The third kappa shape index (κ3) is 2.43. The number of anilines is 2. The van der Waals surface area contributed by atoms with Crippen LogP contribution in [0, 0.1) is 6.92 Å². The van der Waals surface area contributed by atoms with Crippen LogP contribution in [0.3, 0.4) is 0 Å². The maximum absolute atomic E-state index is 5.95. The van der Waals surface area contributed by atoms with Crippen molar-refractivity contribution in [3.05, 3.63) is 33.9 Å². The Morgan fingerprint density at radius 1 is 1.00 bits per heavy atom. The fraction of sp³-hybridized carbons (Fsp3) is 0.0909. The molecule has 0 fully saturated rings. The lowest BCUT2D eigenvalue weighted by molar-refractivity contribution is 1.13. The van der Waals surface area contributed by atoms with Gasteiger partial charge in [0.05, 0.1) is 5.69 Å². The van der Waals surface area contributed by atoms with Crippen molar-refractivity contribution >= 4 is 35.0 Å². The molecule has 1 aromatic carbocycles. The standard InChI is InChI=1S/C11H10Cl2N4/c1-5-9(10(14)17-11(15)16-5)6-2-7(12)4-8(13)3-6/h2-4H,1H3,(H4,14,15,16,17). The predicted molar refractivity (Wildman–Crippen MR) is 71.0 cm³/mol. The van der Waals surface area contributed by atoms with E-state index in [2.05, 4.69) is 9.97 Å². The van der Waals surface area contributed by atoms with E-state index < -0.39 is 0 Å². The van der Waals surface area contributed by atoms with Crippen LogP contribution in [0.1, 0.15) is 5.69 Å². The molecule has 4 nitrogen and oxygen atoms in total. The van der Waals surface area contributed by atoms with Crippen molar-refractivity contribution in [3.8, 4) is 11.1 Å². The van der Waals surface area contributed by atoms with Gasteiger partial charge in [0.15, 0.2) is 0 Å². The molecule has 4 N–H and O–H groups in total. The summed E-state index contributed by atoms with van der Waals surface area (Å²) in [6.45, 7) is 1.80. The lowest BCUT2D eigenvalue weighted by Gasteiger charge is -2.09. The Morgan fingerprint density at radius 2 is 1.59 bits per heavy atom. The Labute approximate surface area is 109 Å². The van der Waals surface area contributed by atoms with Gasteiger partial charge < -0.3 is 11.5 Å². The average Bonchev–Trinajstić information content (AvgIpc) is 2.13. The maximum atomic E-state index is 5.95. The third-order valence-corrected chi connectivity index (χ3v) is 2.72. The topological polar surface area (TPSA) is 77.8 Å². The second kappa shape index (κ2) is 4.39. The highest BCUT2D eigenvalue weighted by Crippen LogP contribution is 2.32. The highest BCUT2D eigenvalue weighted by Gasteiger charge is 2.11. The summed E-state index contributed by atoms with van der Waals surface area (Å²) in [5.41, 5.74) is 13.5. The van der Waals surface area contributed by atoms with Crippen LogP contribution in [0.15, 0.2) is 18.2 Å². The molecule has 0 atom stereocenters. The first-order valence-corrected chi connectivity index (χ1v) is 5.59. The Morgan fingerprint density at radius 3 is 2.12 bits per heavy atom. The van der Waals surface area contributed by atoms with Gasteiger partial charge >= 0.3 is 0 Å². The van der Waals surface area contributed by atoms with Crippen LogP contribution in [-0.4, -0.2) is 9.97 Å². The number of benzene rings is 1. The van der Waals surface area contributed by atoms with Crippen molar-refractivity contribution in [2.75, 3.05) is 11.5 Å². The lowest BCUT2D eigenvalue weighted by Crippen LogP contribution is -2.04. The maximum Gasteiger partial charge on any atom is 0.222 e. The number of rotatable bonds is 1. The zero-order valence-electron chi connectivity index (χ0n) is 9.04. The van der Waals surface area contributed by atoms with Crippen LogP contribution in [0.4, 0.5) is 11.8 Å². The van der Waals surface area contributed by atoms with E-state index in [1.807, 2.05) is 0 Å². The number of hydrogen-bond donors (Lipinski definition) is 2. The lowest BCUT2D eigenvalue weighted by atomic mass is 10.1. The molecule has 0 radical (unpaired) electrons. The van der Waals surface area contributed by atoms with Crippen LogP contribution in [0.5, 0.6) is 0 Å². The smallest absolute Gasteiger partial charge is 0.222 e. The van der Waals surface area contributed by atoms with E-state index in [0.717, 1.165) is 5.56 Å². The van der Waals surface area contributed by atoms with E-state index in [1.54, 1.807) is 25.1 Å². The molecule has 1 aromatic heterocycles. The Bertz CT molecular complexity index is 540. The van der Waals surface area contributed by atoms with Gasteiger partial charge in [-0.2, -0.15) is 4.98 Å². The van der Waals surface area contributed by atoms with E-state index in [9.17, 15) is 0 Å². The van der Waals surface area contributed by atoms with Crippen molar-refractivity contribution in [2.45, 2.75) is 6.92 Å². The number of nitrogen functional groups attached to an aromatic ring is 2. The summed E-state index contributed by atoms with van der Waals surface area (Å²) in [5, 5.41) is 1.06. The minimum absolute atomic E-state index is 0.150. The minimum Gasteiger partial charge on any atom is -0.383 e. The van der Waals surface area contributed by atoms with Crippen molar-refractivity contribution in [1.82, 2.24) is 9.97 Å². The summed E-state index contributed by atoms with van der Waals surface area (Å²) in [7, 11) is 0. The molecule has 0 aliphatic carbocycles. The summed E-state index contributed by atoms with van der Waals surface area (Å²) < 4.78 is 0. The highest BCUT2D eigenvalue weighted by molar-refractivity contribution is 6.35. The zero-order valence-corrected chi connectivity index (χ0v) is 10.5. The molecule has 0 aliphatic rings. The molecule has 2 aromatic rings. The normalized spacial score (nSPS) is 10.5. The third-order valence-electron chi connectivity index (χ3n) is 2.29. The highest BCUT2D eigenvalue weighted by atomic mass is 35.5. The van der Waals surface area contributed by atoms with Gasteiger partial charge in [-0.15, -0.1) is 0 Å². The number of nitrogens with two attached hydrogens (primary N) is 2. The van der Waals surface area contributed by atoms with E-state index in [4.69, 9.17) is 34.7 Å². The van der Waals surface area contributed by atoms with E-state index in [1.165, 1.54) is 0 Å². The Balaban J connectivity index is 2.68. The van der Waals surface area contributed by atoms with Gasteiger partial charge in [-0.25, -0.2) is 4.98 Å². The Kier molecular flexibility index (Phi) is 3.09. The van der Waals surface area contributed by atoms with E-state index in [-0.39, 0.29) is 5.95 Å². The van der Waals surface area contributed by atoms with Crippen LogP contribution in [0.2, 0.25) is 10.0 Å². The fourth-order valence-corrected chi connectivity index (χ4v) is 2.20. The monoisotopic (exact) mass is 268 g/mol. The summed E-state index contributed by atoms with van der Waals surface area (Å²) >= 11 is 11.9. The molecule has 0 saturated carbocycles. The fourth-order valence-electron chi connectivity index (χ4n) is 1.67. The van der Waals surface area contributed by atoms with Gasteiger partial charge in [0, 0.05) is 15.6 Å². The quantitative estimate of drug-likeness (QED) is 0.834. The molecule has 0 aliphatic heterocycles. The van der Waals surface area contributed by atoms with Gasteiger partial charge in [0.1, 0.15) is 5.82 Å². The van der Waals surface area contributed by atoms with Crippen LogP contribution < -0.4 is 11.5 Å². The van der Waals surface area contributed by atoms with Gasteiger partial charge in [-0.05, 0) is 30.7 Å². The number of nitrogens with zero attached hydrogens (tertiary/aromatic N) is 2. The summed E-state index contributed by atoms with van der Waals surface area (Å²) in [4.78, 5) is 8.00. The first-order chi connectivity index (χ1) is 7.97. The molecular formula is C11H10Cl2N4. The molecule has 17 heavy (non-hydrogen) atoms. The summed E-state index contributed by atoms with van der Waals surface area (Å²) in [6, 6.07) is 5.16.